The molecular weight excluding hydrogens is 346 g/mol. The molecule has 2 rings (SSSR count). The van der Waals surface area contributed by atoms with Gasteiger partial charge in [0.25, 0.3) is 0 Å². The first-order chi connectivity index (χ1) is 10.5. The highest BCUT2D eigenvalue weighted by atomic mass is 79.9. The van der Waals surface area contributed by atoms with E-state index in [0.717, 1.165) is 10.0 Å². The molecule has 1 fully saturated rings. The summed E-state index contributed by atoms with van der Waals surface area (Å²) in [6, 6.07) is 7.58. The van der Waals surface area contributed by atoms with E-state index in [1.165, 1.54) is 0 Å². The monoisotopic (exact) mass is 367 g/mol. The minimum absolute atomic E-state index is 0.00914. The maximum Gasteiger partial charge on any atom is 0.240 e. The number of halogens is 1. The Kier molecular flexibility index (Phi) is 5.97. The number of hydrogen-bond acceptors (Lipinski definition) is 3. The third kappa shape index (κ3) is 4.81. The van der Waals surface area contributed by atoms with E-state index >= 15 is 0 Å². The van der Waals surface area contributed by atoms with Crippen LogP contribution in [0.25, 0.3) is 0 Å². The second-order valence-electron chi connectivity index (χ2n) is 5.82. The number of piperazine rings is 1. The van der Waals surface area contributed by atoms with Gasteiger partial charge >= 0.3 is 0 Å². The van der Waals surface area contributed by atoms with Crippen LogP contribution in [0.4, 0.5) is 0 Å². The van der Waals surface area contributed by atoms with Gasteiger partial charge in [-0.05, 0) is 31.5 Å². The van der Waals surface area contributed by atoms with Gasteiger partial charge < -0.3 is 15.5 Å². The average Bonchev–Trinajstić information content (AvgIpc) is 2.42. The van der Waals surface area contributed by atoms with Crippen molar-refractivity contribution < 1.29 is 9.59 Å². The molecule has 1 saturated heterocycles. The fourth-order valence-electron chi connectivity index (χ4n) is 2.53. The molecule has 0 bridgehead atoms. The Hall–Kier alpha value is -1.40. The molecule has 0 spiro atoms. The van der Waals surface area contributed by atoms with Crippen molar-refractivity contribution in [1.29, 1.82) is 0 Å². The molecule has 1 aliphatic rings. The van der Waals surface area contributed by atoms with Crippen molar-refractivity contribution in [2.45, 2.75) is 38.9 Å². The Bertz CT molecular complexity index is 548. The van der Waals surface area contributed by atoms with E-state index in [1.54, 1.807) is 0 Å². The molecule has 22 heavy (non-hydrogen) atoms. The Labute approximate surface area is 139 Å². The lowest BCUT2D eigenvalue weighted by atomic mass is 10.1. The van der Waals surface area contributed by atoms with Crippen molar-refractivity contribution in [3.05, 3.63) is 34.3 Å². The first-order valence-electron chi connectivity index (χ1n) is 7.51. The number of nitrogens with one attached hydrogen (secondary N) is 2. The molecule has 1 unspecified atom stereocenters. The molecule has 120 valence electrons. The van der Waals surface area contributed by atoms with Crippen LogP contribution < -0.4 is 10.6 Å². The molecular formula is C16H22BrN3O2. The van der Waals surface area contributed by atoms with E-state index in [0.29, 0.717) is 19.6 Å². The van der Waals surface area contributed by atoms with E-state index in [-0.39, 0.29) is 24.3 Å². The van der Waals surface area contributed by atoms with Crippen molar-refractivity contribution in [3.63, 3.8) is 0 Å². The topological polar surface area (TPSA) is 61.4 Å². The quantitative estimate of drug-likeness (QED) is 0.831. The number of nitrogens with zero attached hydrogens (tertiary/aromatic N) is 1. The van der Waals surface area contributed by atoms with Crippen molar-refractivity contribution >= 4 is 27.7 Å². The summed E-state index contributed by atoms with van der Waals surface area (Å²) in [5, 5.41) is 5.97. The molecule has 1 heterocycles. The molecule has 0 aliphatic carbocycles. The second-order valence-corrected chi connectivity index (χ2v) is 6.74. The van der Waals surface area contributed by atoms with Gasteiger partial charge in [0.2, 0.25) is 11.8 Å². The summed E-state index contributed by atoms with van der Waals surface area (Å²) >= 11 is 3.44. The Morgan fingerprint density at radius 2 is 2.27 bits per heavy atom. The summed E-state index contributed by atoms with van der Waals surface area (Å²) in [5.41, 5.74) is 1.08. The van der Waals surface area contributed by atoms with Crippen molar-refractivity contribution in [2.24, 2.45) is 0 Å². The van der Waals surface area contributed by atoms with Crippen LogP contribution in [-0.4, -0.2) is 41.9 Å². The summed E-state index contributed by atoms with van der Waals surface area (Å²) in [5.74, 6) is -0.102. The van der Waals surface area contributed by atoms with E-state index in [2.05, 4.69) is 26.6 Å². The van der Waals surface area contributed by atoms with Gasteiger partial charge in [-0.25, -0.2) is 0 Å². The molecule has 1 atom stereocenters. The normalized spacial score (nSPS) is 18.6. The molecule has 2 amide bonds. The number of carbonyl (C=O) groups is 2. The van der Waals surface area contributed by atoms with Crippen LogP contribution in [0.1, 0.15) is 25.8 Å². The largest absolute Gasteiger partial charge is 0.354 e. The molecule has 6 heteroatoms. The molecule has 2 N–H and O–H groups in total. The zero-order valence-corrected chi connectivity index (χ0v) is 14.5. The van der Waals surface area contributed by atoms with Gasteiger partial charge in [-0.2, -0.15) is 0 Å². The Morgan fingerprint density at radius 3 is 2.95 bits per heavy atom. The van der Waals surface area contributed by atoms with Gasteiger partial charge in [-0.1, -0.05) is 28.1 Å². The smallest absolute Gasteiger partial charge is 0.240 e. The number of benzene rings is 1. The van der Waals surface area contributed by atoms with E-state index in [9.17, 15) is 9.59 Å². The van der Waals surface area contributed by atoms with Crippen molar-refractivity contribution in [1.82, 2.24) is 15.5 Å². The summed E-state index contributed by atoms with van der Waals surface area (Å²) in [6.45, 7) is 5.76. The summed E-state index contributed by atoms with van der Waals surface area (Å²) < 4.78 is 1.00. The first kappa shape index (κ1) is 17.0. The lowest BCUT2D eigenvalue weighted by Crippen LogP contribution is -2.56. The zero-order valence-electron chi connectivity index (χ0n) is 12.9. The Balaban J connectivity index is 1.96. The maximum atomic E-state index is 12.5. The standard InChI is InChI=1S/C16H22BrN3O2/c1-11(2)19-15(21)9-14-16(22)20(7-6-18-14)10-12-4-3-5-13(17)8-12/h3-5,8,11,14,18H,6-7,9-10H2,1-2H3,(H,19,21). The number of rotatable bonds is 5. The SMILES string of the molecule is CC(C)NC(=O)CC1NCCN(Cc2cccc(Br)c2)C1=O. The van der Waals surface area contributed by atoms with Gasteiger partial charge in [0.05, 0.1) is 12.5 Å². The molecule has 1 aromatic carbocycles. The molecule has 0 aromatic heterocycles. The summed E-state index contributed by atoms with van der Waals surface area (Å²) in [7, 11) is 0. The minimum Gasteiger partial charge on any atom is -0.354 e. The number of carbonyl (C=O) groups excluding carboxylic acids is 2. The van der Waals surface area contributed by atoms with Crippen molar-refractivity contribution in [2.75, 3.05) is 13.1 Å². The lowest BCUT2D eigenvalue weighted by molar-refractivity contribution is -0.138. The van der Waals surface area contributed by atoms with Gasteiger partial charge in [0, 0.05) is 30.1 Å². The van der Waals surface area contributed by atoms with Crippen LogP contribution in [-0.2, 0) is 16.1 Å². The lowest BCUT2D eigenvalue weighted by Gasteiger charge is -2.33. The number of hydrogen-bond donors (Lipinski definition) is 2. The average molecular weight is 368 g/mol. The highest BCUT2D eigenvalue weighted by molar-refractivity contribution is 9.10. The van der Waals surface area contributed by atoms with Crippen LogP contribution >= 0.6 is 15.9 Å². The highest BCUT2D eigenvalue weighted by Crippen LogP contribution is 2.15. The molecule has 1 aromatic rings. The fourth-order valence-corrected chi connectivity index (χ4v) is 2.98. The third-order valence-electron chi connectivity index (χ3n) is 3.48. The van der Waals surface area contributed by atoms with E-state index in [1.807, 2.05) is 43.0 Å². The van der Waals surface area contributed by atoms with Crippen LogP contribution in [0.3, 0.4) is 0 Å². The second kappa shape index (κ2) is 7.74. The summed E-state index contributed by atoms with van der Waals surface area (Å²) in [6.07, 6.45) is 0.187. The van der Waals surface area contributed by atoms with Crippen LogP contribution in [0.5, 0.6) is 0 Å². The highest BCUT2D eigenvalue weighted by Gasteiger charge is 2.30. The van der Waals surface area contributed by atoms with Gasteiger partial charge in [0.1, 0.15) is 0 Å². The number of amides is 2. The van der Waals surface area contributed by atoms with Crippen LogP contribution in [0, 0.1) is 0 Å². The van der Waals surface area contributed by atoms with Gasteiger partial charge in [-0.3, -0.25) is 9.59 Å². The van der Waals surface area contributed by atoms with Crippen LogP contribution in [0.15, 0.2) is 28.7 Å². The van der Waals surface area contributed by atoms with E-state index < -0.39 is 6.04 Å². The predicted molar refractivity (Wildman–Crippen MR) is 89.2 cm³/mol. The zero-order chi connectivity index (χ0) is 16.1. The first-order valence-corrected chi connectivity index (χ1v) is 8.31. The van der Waals surface area contributed by atoms with Crippen molar-refractivity contribution in [3.8, 4) is 0 Å². The predicted octanol–water partition coefficient (Wildman–Crippen LogP) is 1.66. The van der Waals surface area contributed by atoms with Crippen LogP contribution in [0.2, 0.25) is 0 Å². The maximum absolute atomic E-state index is 12.5. The minimum atomic E-state index is -0.431. The van der Waals surface area contributed by atoms with Gasteiger partial charge in [-0.15, -0.1) is 0 Å². The Morgan fingerprint density at radius 1 is 1.50 bits per heavy atom. The van der Waals surface area contributed by atoms with E-state index in [4.69, 9.17) is 0 Å². The summed E-state index contributed by atoms with van der Waals surface area (Å²) in [4.78, 5) is 26.2. The molecule has 5 nitrogen and oxygen atoms in total. The molecule has 0 radical (unpaired) electrons. The van der Waals surface area contributed by atoms with Gasteiger partial charge in [0.15, 0.2) is 0 Å². The molecule has 0 saturated carbocycles. The molecule has 1 aliphatic heterocycles. The fraction of sp³-hybridized carbons (Fsp3) is 0.500. The third-order valence-corrected chi connectivity index (χ3v) is 3.98.